The second-order valence-electron chi connectivity index (χ2n) is 3.45. The molecule has 0 aliphatic rings. The van der Waals surface area contributed by atoms with Crippen molar-refractivity contribution in [2.75, 3.05) is 0 Å². The van der Waals surface area contributed by atoms with Crippen LogP contribution in [0.25, 0.3) is 11.3 Å². The van der Waals surface area contributed by atoms with E-state index in [1.807, 2.05) is 6.07 Å². The quantitative estimate of drug-likeness (QED) is 0.812. The fourth-order valence-corrected chi connectivity index (χ4v) is 1.83. The average molecular weight is 247 g/mol. The third-order valence-electron chi connectivity index (χ3n) is 2.37. The maximum Gasteiger partial charge on any atom is 0.132 e. The normalized spacial score (nSPS) is 9.94. The molecule has 0 spiro atoms. The molecule has 4 heteroatoms. The molecule has 0 aliphatic carbocycles. The first kappa shape index (κ1) is 11.6. The van der Waals surface area contributed by atoms with E-state index in [4.69, 9.17) is 16.9 Å². The maximum absolute atomic E-state index is 13.6. The van der Waals surface area contributed by atoms with Gasteiger partial charge >= 0.3 is 0 Å². The lowest BCUT2D eigenvalue weighted by molar-refractivity contribution is 0.630. The van der Waals surface area contributed by atoms with E-state index in [0.29, 0.717) is 21.8 Å². The molecule has 1 aromatic heterocycles. The van der Waals surface area contributed by atoms with E-state index in [0.717, 1.165) is 0 Å². The molecule has 0 radical (unpaired) electrons. The average Bonchev–Trinajstić information content (AvgIpc) is 2.33. The van der Waals surface area contributed by atoms with Crippen molar-refractivity contribution in [3.63, 3.8) is 0 Å². The van der Waals surface area contributed by atoms with Crippen molar-refractivity contribution in [3.05, 3.63) is 52.9 Å². The molecule has 0 atom stereocenters. The predicted octanol–water partition coefficient (Wildman–Crippen LogP) is 3.61. The molecule has 0 amide bonds. The van der Waals surface area contributed by atoms with Gasteiger partial charge in [0.1, 0.15) is 5.82 Å². The van der Waals surface area contributed by atoms with Crippen molar-refractivity contribution in [1.29, 1.82) is 5.26 Å². The standard InChI is InChI=1S/C13H8ClFN2/c14-12-9(5-7-16)6-8-17-13(12)10-3-1-2-4-11(10)15/h1-4,6,8H,5H2. The van der Waals surface area contributed by atoms with Crippen LogP contribution < -0.4 is 0 Å². The van der Waals surface area contributed by atoms with E-state index >= 15 is 0 Å². The molecular weight excluding hydrogens is 239 g/mol. The summed E-state index contributed by atoms with van der Waals surface area (Å²) in [5, 5.41) is 8.99. The molecule has 0 unspecified atom stereocenters. The van der Waals surface area contributed by atoms with Crippen LogP contribution >= 0.6 is 11.6 Å². The molecule has 0 bridgehead atoms. The van der Waals surface area contributed by atoms with Gasteiger partial charge < -0.3 is 0 Å². The molecule has 0 saturated heterocycles. The van der Waals surface area contributed by atoms with Crippen molar-refractivity contribution in [2.24, 2.45) is 0 Å². The summed E-state index contributed by atoms with van der Waals surface area (Å²) in [6.45, 7) is 0. The van der Waals surface area contributed by atoms with Crippen LogP contribution in [0.4, 0.5) is 4.39 Å². The first-order valence-electron chi connectivity index (χ1n) is 4.99. The highest BCUT2D eigenvalue weighted by molar-refractivity contribution is 6.33. The molecular formula is C13H8ClFN2. The van der Waals surface area contributed by atoms with Crippen LogP contribution in [-0.4, -0.2) is 4.98 Å². The molecule has 0 aliphatic heterocycles. The molecule has 0 saturated carbocycles. The largest absolute Gasteiger partial charge is 0.255 e. The van der Waals surface area contributed by atoms with Crippen molar-refractivity contribution in [3.8, 4) is 17.3 Å². The van der Waals surface area contributed by atoms with Crippen molar-refractivity contribution in [1.82, 2.24) is 4.98 Å². The Kier molecular flexibility index (Phi) is 3.36. The van der Waals surface area contributed by atoms with Crippen LogP contribution in [0.1, 0.15) is 5.56 Å². The Bertz CT molecular complexity index is 590. The lowest BCUT2D eigenvalue weighted by Crippen LogP contribution is -1.93. The zero-order valence-electron chi connectivity index (χ0n) is 8.82. The van der Waals surface area contributed by atoms with E-state index in [9.17, 15) is 4.39 Å². The van der Waals surface area contributed by atoms with Crippen molar-refractivity contribution in [2.45, 2.75) is 6.42 Å². The SMILES string of the molecule is N#CCc1ccnc(-c2ccccc2F)c1Cl. The lowest BCUT2D eigenvalue weighted by atomic mass is 10.1. The highest BCUT2D eigenvalue weighted by atomic mass is 35.5. The zero-order valence-corrected chi connectivity index (χ0v) is 9.58. The van der Waals surface area contributed by atoms with Crippen molar-refractivity contribution >= 4 is 11.6 Å². The van der Waals surface area contributed by atoms with E-state index in [2.05, 4.69) is 4.98 Å². The molecule has 0 N–H and O–H groups in total. The summed E-state index contributed by atoms with van der Waals surface area (Å²) in [4.78, 5) is 4.07. The Labute approximate surface area is 103 Å². The van der Waals surface area contributed by atoms with E-state index < -0.39 is 0 Å². The Morgan fingerprint density at radius 3 is 2.76 bits per heavy atom. The molecule has 2 rings (SSSR count). The van der Waals surface area contributed by atoms with Crippen molar-refractivity contribution < 1.29 is 4.39 Å². The van der Waals surface area contributed by atoms with Crippen LogP contribution in [0.15, 0.2) is 36.5 Å². The molecule has 1 heterocycles. The summed E-state index contributed by atoms with van der Waals surface area (Å²) in [6, 6.07) is 9.96. The second kappa shape index (κ2) is 4.94. The molecule has 2 nitrogen and oxygen atoms in total. The molecule has 2 aromatic rings. The third kappa shape index (κ3) is 2.27. The first-order chi connectivity index (χ1) is 8.24. The Morgan fingerprint density at radius 1 is 1.29 bits per heavy atom. The van der Waals surface area contributed by atoms with Gasteiger partial charge in [0.05, 0.1) is 23.2 Å². The van der Waals surface area contributed by atoms with Crippen LogP contribution in [0.3, 0.4) is 0 Å². The molecule has 84 valence electrons. The lowest BCUT2D eigenvalue weighted by Gasteiger charge is -2.07. The van der Waals surface area contributed by atoms with Crippen LogP contribution in [0.2, 0.25) is 5.02 Å². The second-order valence-corrected chi connectivity index (χ2v) is 3.83. The summed E-state index contributed by atoms with van der Waals surface area (Å²) >= 11 is 6.11. The predicted molar refractivity (Wildman–Crippen MR) is 64.0 cm³/mol. The van der Waals surface area contributed by atoms with Crippen LogP contribution in [0, 0.1) is 17.1 Å². The maximum atomic E-state index is 13.6. The zero-order chi connectivity index (χ0) is 12.3. The summed E-state index contributed by atoms with van der Waals surface area (Å²) in [5.41, 5.74) is 1.37. The Morgan fingerprint density at radius 2 is 2.06 bits per heavy atom. The highest BCUT2D eigenvalue weighted by Gasteiger charge is 2.12. The summed E-state index contributed by atoms with van der Waals surface area (Å²) in [7, 11) is 0. The number of pyridine rings is 1. The molecule has 0 fully saturated rings. The number of nitriles is 1. The number of rotatable bonds is 2. The first-order valence-corrected chi connectivity index (χ1v) is 5.37. The van der Waals surface area contributed by atoms with Gasteiger partial charge in [-0.25, -0.2) is 4.39 Å². The number of hydrogen-bond acceptors (Lipinski definition) is 2. The number of benzene rings is 1. The van der Waals surface area contributed by atoms with Crippen LogP contribution in [-0.2, 0) is 6.42 Å². The minimum absolute atomic E-state index is 0.183. The topological polar surface area (TPSA) is 36.7 Å². The van der Waals surface area contributed by atoms with Gasteiger partial charge in [-0.05, 0) is 23.8 Å². The van der Waals surface area contributed by atoms with Gasteiger partial charge in [0.25, 0.3) is 0 Å². The summed E-state index contributed by atoms with van der Waals surface area (Å²) in [5.74, 6) is -0.379. The van der Waals surface area contributed by atoms with Gasteiger partial charge in [-0.2, -0.15) is 5.26 Å². The minimum atomic E-state index is -0.379. The number of halogens is 2. The van der Waals surface area contributed by atoms with E-state index in [1.165, 1.54) is 12.3 Å². The fourth-order valence-electron chi connectivity index (χ4n) is 1.55. The Balaban J connectivity index is 2.58. The summed E-state index contributed by atoms with van der Waals surface area (Å²) < 4.78 is 13.6. The van der Waals surface area contributed by atoms with Gasteiger partial charge in [0.15, 0.2) is 0 Å². The van der Waals surface area contributed by atoms with Gasteiger partial charge in [0.2, 0.25) is 0 Å². The molecule has 1 aromatic carbocycles. The van der Waals surface area contributed by atoms with E-state index in [1.54, 1.807) is 24.3 Å². The number of aromatic nitrogens is 1. The monoisotopic (exact) mass is 246 g/mol. The highest BCUT2D eigenvalue weighted by Crippen LogP contribution is 2.30. The van der Waals surface area contributed by atoms with Crippen LogP contribution in [0.5, 0.6) is 0 Å². The Hall–Kier alpha value is -1.92. The number of hydrogen-bond donors (Lipinski definition) is 0. The van der Waals surface area contributed by atoms with E-state index in [-0.39, 0.29) is 12.2 Å². The minimum Gasteiger partial charge on any atom is -0.255 e. The molecule has 17 heavy (non-hydrogen) atoms. The summed E-state index contributed by atoms with van der Waals surface area (Å²) in [6.07, 6.45) is 1.71. The van der Waals surface area contributed by atoms with Gasteiger partial charge in [0, 0.05) is 11.8 Å². The third-order valence-corrected chi connectivity index (χ3v) is 2.79. The fraction of sp³-hybridized carbons (Fsp3) is 0.0769. The smallest absolute Gasteiger partial charge is 0.132 e. The van der Waals surface area contributed by atoms with Gasteiger partial charge in [-0.1, -0.05) is 23.7 Å². The van der Waals surface area contributed by atoms with Gasteiger partial charge in [-0.15, -0.1) is 0 Å². The number of nitrogens with zero attached hydrogens (tertiary/aromatic N) is 2. The van der Waals surface area contributed by atoms with Gasteiger partial charge in [-0.3, -0.25) is 4.98 Å².